The zero-order valence-corrected chi connectivity index (χ0v) is 23.8. The summed E-state index contributed by atoms with van der Waals surface area (Å²) in [7, 11) is 3.64. The molecule has 3 unspecified atom stereocenters. The quantitative estimate of drug-likeness (QED) is 0.0869. The first kappa shape index (κ1) is 32.2. The smallest absolute Gasteiger partial charge is 0.316 e. The molecule has 6 nitrogen and oxygen atoms in total. The lowest BCUT2D eigenvalue weighted by atomic mass is 9.80. The zero-order chi connectivity index (χ0) is 26.1. The molecule has 0 aliphatic heterocycles. The largest absolute Gasteiger partial charge is 0.496 e. The van der Waals surface area contributed by atoms with E-state index in [0.717, 1.165) is 25.7 Å². The normalized spacial score (nSPS) is 12.8. The number of esters is 1. The lowest BCUT2D eigenvalue weighted by molar-refractivity contribution is -0.147. The first-order valence-corrected chi connectivity index (χ1v) is 12.9. The number of unbranched alkanes of at least 4 members (excludes halogenated alkanes) is 5. The highest BCUT2D eigenvalue weighted by Gasteiger charge is 2.35. The molecule has 196 valence electrons. The molecule has 0 saturated carbocycles. The van der Waals surface area contributed by atoms with Crippen molar-refractivity contribution in [2.75, 3.05) is 20.8 Å². The SMILES string of the molecule is CCCCCCCCOC(=O)C(CC(C)CC(C)(C)C)C(=O)c1c(OC)cccc1OC.O=[PH3]. The predicted molar refractivity (Wildman–Crippen MR) is 141 cm³/mol. The predicted octanol–water partition coefficient (Wildman–Crippen LogP) is 6.81. The summed E-state index contributed by atoms with van der Waals surface area (Å²) in [6.45, 7) is 11.1. The van der Waals surface area contributed by atoms with Gasteiger partial charge in [-0.1, -0.05) is 72.8 Å². The van der Waals surface area contributed by atoms with Crippen LogP contribution in [0.1, 0.15) is 96.3 Å². The second-order valence-electron chi connectivity index (χ2n) is 10.00. The Balaban J connectivity index is 0.00000529. The van der Waals surface area contributed by atoms with Crippen LogP contribution in [0.25, 0.3) is 0 Å². The Morgan fingerprint density at radius 3 is 1.97 bits per heavy atom. The molecule has 0 radical (unpaired) electrons. The minimum atomic E-state index is -0.877. The van der Waals surface area contributed by atoms with Gasteiger partial charge in [0.25, 0.3) is 0 Å². The lowest BCUT2D eigenvalue weighted by Crippen LogP contribution is -2.30. The van der Waals surface area contributed by atoms with Crippen molar-refractivity contribution in [1.29, 1.82) is 0 Å². The standard InChI is InChI=1S/C27H44O5.H3OP/c1-8-9-10-11-12-13-17-32-26(29)21(18-20(2)19-27(3,4)5)25(28)24-22(30-6)15-14-16-23(24)31-7;1-2/h14-16,20-21H,8-13,17-19H2,1-7H3;2H3. The number of benzene rings is 1. The third-order valence-corrected chi connectivity index (χ3v) is 5.62. The van der Waals surface area contributed by atoms with Gasteiger partial charge in [0, 0.05) is 0 Å². The van der Waals surface area contributed by atoms with E-state index < -0.39 is 11.9 Å². The van der Waals surface area contributed by atoms with E-state index in [-0.39, 0.29) is 17.1 Å². The summed E-state index contributed by atoms with van der Waals surface area (Å²) >= 11 is 0. The van der Waals surface area contributed by atoms with Gasteiger partial charge in [0.05, 0.1) is 29.9 Å². The van der Waals surface area contributed by atoms with E-state index in [4.69, 9.17) is 18.8 Å². The summed E-state index contributed by atoms with van der Waals surface area (Å²) < 4.78 is 24.7. The second-order valence-corrected chi connectivity index (χ2v) is 10.00. The molecule has 0 heterocycles. The minimum Gasteiger partial charge on any atom is -0.496 e. The maximum Gasteiger partial charge on any atom is 0.316 e. The number of carbonyl (C=O) groups is 2. The second kappa shape index (κ2) is 17.6. The molecule has 1 rings (SSSR count). The Hall–Kier alpha value is -1.81. The number of ether oxygens (including phenoxy) is 3. The highest BCUT2D eigenvalue weighted by Crippen LogP contribution is 2.34. The molecule has 1 aromatic carbocycles. The van der Waals surface area contributed by atoms with Crippen molar-refractivity contribution < 1.29 is 28.4 Å². The number of Topliss-reactive ketones (excluding diaryl/α,β-unsaturated/α-hetero) is 1. The molecule has 0 aliphatic carbocycles. The lowest BCUT2D eigenvalue weighted by Gasteiger charge is -2.26. The highest BCUT2D eigenvalue weighted by molar-refractivity contribution is 7.00. The topological polar surface area (TPSA) is 78.9 Å². The van der Waals surface area contributed by atoms with Crippen LogP contribution < -0.4 is 9.47 Å². The molecule has 34 heavy (non-hydrogen) atoms. The van der Waals surface area contributed by atoms with Crippen LogP contribution in [0, 0.1) is 17.3 Å². The third-order valence-electron chi connectivity index (χ3n) is 5.62. The molecule has 0 aromatic heterocycles. The van der Waals surface area contributed by atoms with Crippen molar-refractivity contribution in [3.05, 3.63) is 23.8 Å². The van der Waals surface area contributed by atoms with Crippen molar-refractivity contribution in [3.8, 4) is 11.5 Å². The van der Waals surface area contributed by atoms with Crippen LogP contribution in [0.15, 0.2) is 18.2 Å². The van der Waals surface area contributed by atoms with Crippen LogP contribution in [0.3, 0.4) is 0 Å². The number of carbonyl (C=O) groups excluding carboxylic acids is 2. The zero-order valence-electron chi connectivity index (χ0n) is 22.4. The number of rotatable bonds is 15. The van der Waals surface area contributed by atoms with Crippen molar-refractivity contribution in [3.63, 3.8) is 0 Å². The van der Waals surface area contributed by atoms with Crippen molar-refractivity contribution in [2.45, 2.75) is 86.0 Å². The van der Waals surface area contributed by atoms with E-state index >= 15 is 0 Å². The monoisotopic (exact) mass is 498 g/mol. The Morgan fingerprint density at radius 1 is 0.941 bits per heavy atom. The number of hydrogen-bond donors (Lipinski definition) is 0. The molecular formula is C27H47O6P. The number of methoxy groups -OCH3 is 2. The molecule has 0 spiro atoms. The van der Waals surface area contributed by atoms with Crippen molar-refractivity contribution in [2.24, 2.45) is 17.3 Å². The molecule has 7 heteroatoms. The summed E-state index contributed by atoms with van der Waals surface area (Å²) in [5.41, 5.74) is 0.416. The third kappa shape index (κ3) is 12.1. The van der Waals surface area contributed by atoms with Gasteiger partial charge in [-0.05, 0) is 42.7 Å². The van der Waals surface area contributed by atoms with Gasteiger partial charge in [0.1, 0.15) is 23.0 Å². The van der Waals surface area contributed by atoms with Gasteiger partial charge in [-0.25, -0.2) is 0 Å². The first-order valence-electron chi connectivity index (χ1n) is 12.3. The Morgan fingerprint density at radius 2 is 1.47 bits per heavy atom. The molecule has 0 bridgehead atoms. The van der Waals surface area contributed by atoms with Crippen LogP contribution in [0.2, 0.25) is 0 Å². The van der Waals surface area contributed by atoms with E-state index in [9.17, 15) is 9.59 Å². The fourth-order valence-electron chi connectivity index (χ4n) is 4.27. The maximum absolute atomic E-state index is 13.6. The van der Waals surface area contributed by atoms with E-state index in [1.54, 1.807) is 18.2 Å². The fourth-order valence-corrected chi connectivity index (χ4v) is 4.27. The molecule has 3 atom stereocenters. The molecular weight excluding hydrogens is 451 g/mol. The van der Waals surface area contributed by atoms with Gasteiger partial charge >= 0.3 is 5.97 Å². The van der Waals surface area contributed by atoms with Crippen LogP contribution in [0.4, 0.5) is 0 Å². The average Bonchev–Trinajstić information content (AvgIpc) is 2.80. The maximum atomic E-state index is 13.6. The van der Waals surface area contributed by atoms with E-state index in [1.807, 2.05) is 0 Å². The van der Waals surface area contributed by atoms with Crippen LogP contribution in [-0.2, 0) is 14.1 Å². The van der Waals surface area contributed by atoms with E-state index in [0.29, 0.717) is 39.2 Å². The average molecular weight is 499 g/mol. The van der Waals surface area contributed by atoms with E-state index in [1.165, 1.54) is 33.5 Å². The molecule has 1 aromatic rings. The van der Waals surface area contributed by atoms with Gasteiger partial charge in [0.2, 0.25) is 0 Å². The first-order chi connectivity index (χ1) is 16.1. The summed E-state index contributed by atoms with van der Waals surface area (Å²) in [4.78, 5) is 26.7. The fraction of sp³-hybridized carbons (Fsp3) is 0.704. The molecule has 0 amide bonds. The van der Waals surface area contributed by atoms with Crippen LogP contribution in [-0.4, -0.2) is 32.6 Å². The minimum absolute atomic E-state index is 0.109. The van der Waals surface area contributed by atoms with Crippen molar-refractivity contribution in [1.82, 2.24) is 0 Å². The van der Waals surface area contributed by atoms with Crippen LogP contribution in [0.5, 0.6) is 11.5 Å². The van der Waals surface area contributed by atoms with Crippen molar-refractivity contribution >= 4 is 20.9 Å². The summed E-state index contributed by atoms with van der Waals surface area (Å²) in [5, 5.41) is 0. The Labute approximate surface area is 208 Å². The van der Waals surface area contributed by atoms with E-state index in [2.05, 4.69) is 34.6 Å². The Bertz CT molecular complexity index is 706. The van der Waals surface area contributed by atoms with Gasteiger partial charge in [-0.15, -0.1) is 0 Å². The van der Waals surface area contributed by atoms with Gasteiger partial charge in [-0.2, -0.15) is 0 Å². The molecule has 0 aliphatic rings. The summed E-state index contributed by atoms with van der Waals surface area (Å²) in [5.74, 6) is -0.618. The summed E-state index contributed by atoms with van der Waals surface area (Å²) in [6, 6.07) is 5.20. The number of ketones is 1. The summed E-state index contributed by atoms with van der Waals surface area (Å²) in [6.07, 6.45) is 8.01. The van der Waals surface area contributed by atoms with Gasteiger partial charge in [0.15, 0.2) is 5.78 Å². The molecule has 0 N–H and O–H groups in total. The number of hydrogen-bond acceptors (Lipinski definition) is 6. The highest BCUT2D eigenvalue weighted by atomic mass is 31.0. The Kier molecular flexibility index (Phi) is 16.7. The molecule has 0 fully saturated rings. The van der Waals surface area contributed by atoms with Gasteiger partial charge < -0.3 is 18.8 Å². The van der Waals surface area contributed by atoms with Gasteiger partial charge in [-0.3, -0.25) is 9.59 Å². The molecule has 0 saturated heterocycles. The van der Waals surface area contributed by atoms with Crippen LogP contribution >= 0.6 is 9.12 Å².